The molecule has 8 nitrogen and oxygen atoms in total. The molecule has 0 unspecified atom stereocenters. The van der Waals surface area contributed by atoms with Gasteiger partial charge in [-0.3, -0.25) is 4.79 Å². The van der Waals surface area contributed by atoms with E-state index in [4.69, 9.17) is 9.47 Å². The van der Waals surface area contributed by atoms with E-state index in [0.717, 1.165) is 10.5 Å². The monoisotopic (exact) mass is 342 g/mol. The Morgan fingerprint density at radius 3 is 2.76 bits per heavy atom. The summed E-state index contributed by atoms with van der Waals surface area (Å²) in [5.41, 5.74) is 0.975. The number of aromatic nitrogens is 2. The van der Waals surface area contributed by atoms with Gasteiger partial charge < -0.3 is 14.8 Å². The van der Waals surface area contributed by atoms with Crippen molar-refractivity contribution in [3.05, 3.63) is 36.0 Å². The molecule has 3 amide bonds. The molecule has 3 rings (SSSR count). The van der Waals surface area contributed by atoms with Gasteiger partial charge in [0.05, 0.1) is 7.11 Å². The van der Waals surface area contributed by atoms with Crippen molar-refractivity contribution in [3.8, 4) is 17.4 Å². The van der Waals surface area contributed by atoms with Crippen LogP contribution in [0, 0.1) is 6.92 Å². The van der Waals surface area contributed by atoms with Crippen LogP contribution in [-0.4, -0.2) is 35.1 Å². The summed E-state index contributed by atoms with van der Waals surface area (Å²) in [5, 5.41) is 2.59. The molecule has 1 N–H and O–H groups in total. The maximum Gasteiger partial charge on any atom is 0.331 e. The fourth-order valence-corrected chi connectivity index (χ4v) is 2.48. The highest BCUT2D eigenvalue weighted by Crippen LogP contribution is 2.28. The van der Waals surface area contributed by atoms with Crippen molar-refractivity contribution in [1.29, 1.82) is 0 Å². The Balaban J connectivity index is 1.85. The Morgan fingerprint density at radius 1 is 1.28 bits per heavy atom. The molecule has 0 radical (unpaired) electrons. The molecule has 1 aromatic heterocycles. The van der Waals surface area contributed by atoms with Crippen molar-refractivity contribution in [3.63, 3.8) is 0 Å². The van der Waals surface area contributed by atoms with Crippen molar-refractivity contribution in [2.24, 2.45) is 0 Å². The number of carbonyl (C=O) groups excluding carboxylic acids is 2. The average molecular weight is 342 g/mol. The minimum absolute atomic E-state index is 0.0185. The largest absolute Gasteiger partial charge is 0.496 e. The molecule has 1 aliphatic heterocycles. The summed E-state index contributed by atoms with van der Waals surface area (Å²) >= 11 is 0. The predicted molar refractivity (Wildman–Crippen MR) is 89.9 cm³/mol. The van der Waals surface area contributed by atoms with E-state index in [1.54, 1.807) is 25.3 Å². The predicted octanol–water partition coefficient (Wildman–Crippen LogP) is 2.42. The fraction of sp³-hybridized carbons (Fsp3) is 0.294. The second kappa shape index (κ2) is 6.76. The first-order valence-corrected chi connectivity index (χ1v) is 7.83. The number of rotatable bonds is 5. The number of hydrogen-bond acceptors (Lipinski definition) is 6. The van der Waals surface area contributed by atoms with Gasteiger partial charge in [-0.1, -0.05) is 13.0 Å². The van der Waals surface area contributed by atoms with Gasteiger partial charge >= 0.3 is 6.03 Å². The molecule has 0 spiro atoms. The first-order valence-electron chi connectivity index (χ1n) is 7.83. The average Bonchev–Trinajstić information content (AvgIpc) is 2.90. The first-order chi connectivity index (χ1) is 12.0. The number of nitrogens with zero attached hydrogens (tertiary/aromatic N) is 3. The number of carbonyl (C=O) groups is 2. The van der Waals surface area contributed by atoms with Gasteiger partial charge in [-0.05, 0) is 25.0 Å². The molecule has 8 heteroatoms. The van der Waals surface area contributed by atoms with Gasteiger partial charge in [-0.15, -0.1) is 0 Å². The standard InChI is InChI=1S/C17H18N4O4/c1-4-12-15(22)21(17(23)19-12)16-18-8-7-14(20-16)25-11-6-5-10(2)13(9-11)24-3/h5-9,12H,4H2,1-3H3,(H,19,23)/t12-/m1/s1. The molecule has 25 heavy (non-hydrogen) atoms. The second-order valence-electron chi connectivity index (χ2n) is 5.51. The molecule has 1 aliphatic rings. The Labute approximate surface area is 144 Å². The highest BCUT2D eigenvalue weighted by molar-refractivity contribution is 6.20. The zero-order valence-corrected chi connectivity index (χ0v) is 14.1. The summed E-state index contributed by atoms with van der Waals surface area (Å²) in [4.78, 5) is 33.3. The molecule has 0 aliphatic carbocycles. The smallest absolute Gasteiger partial charge is 0.331 e. The van der Waals surface area contributed by atoms with E-state index in [1.807, 2.05) is 19.9 Å². The molecule has 1 fully saturated rings. The highest BCUT2D eigenvalue weighted by atomic mass is 16.5. The molecule has 0 bridgehead atoms. The van der Waals surface area contributed by atoms with Gasteiger partial charge in [0.15, 0.2) is 0 Å². The quantitative estimate of drug-likeness (QED) is 0.839. The number of amides is 3. The van der Waals surface area contributed by atoms with Crippen molar-refractivity contribution in [2.45, 2.75) is 26.3 Å². The second-order valence-corrected chi connectivity index (χ2v) is 5.51. The van der Waals surface area contributed by atoms with Gasteiger partial charge in [0, 0.05) is 18.3 Å². The maximum atomic E-state index is 12.2. The number of benzene rings is 1. The fourth-order valence-electron chi connectivity index (χ4n) is 2.48. The van der Waals surface area contributed by atoms with Crippen molar-refractivity contribution < 1.29 is 19.1 Å². The van der Waals surface area contributed by atoms with E-state index in [1.165, 1.54) is 6.20 Å². The van der Waals surface area contributed by atoms with E-state index in [0.29, 0.717) is 17.9 Å². The molecule has 130 valence electrons. The molecule has 2 heterocycles. The molecule has 1 atom stereocenters. The third-order valence-electron chi connectivity index (χ3n) is 3.85. The first kappa shape index (κ1) is 16.7. The summed E-state index contributed by atoms with van der Waals surface area (Å²) in [5.74, 6) is 1.04. The lowest BCUT2D eigenvalue weighted by Gasteiger charge is -2.12. The van der Waals surface area contributed by atoms with E-state index < -0.39 is 12.1 Å². The highest BCUT2D eigenvalue weighted by Gasteiger charge is 2.39. The zero-order valence-electron chi connectivity index (χ0n) is 14.1. The summed E-state index contributed by atoms with van der Waals surface area (Å²) in [6.45, 7) is 3.74. The van der Waals surface area contributed by atoms with Crippen LogP contribution in [0.15, 0.2) is 30.5 Å². The van der Waals surface area contributed by atoms with Crippen LogP contribution in [0.3, 0.4) is 0 Å². The minimum Gasteiger partial charge on any atom is -0.496 e. The van der Waals surface area contributed by atoms with Crippen LogP contribution < -0.4 is 19.7 Å². The van der Waals surface area contributed by atoms with Gasteiger partial charge in [-0.2, -0.15) is 9.88 Å². The molecule has 1 aromatic carbocycles. The summed E-state index contributed by atoms with van der Waals surface area (Å²) in [6, 6.07) is 5.83. The normalized spacial score (nSPS) is 16.8. The lowest BCUT2D eigenvalue weighted by atomic mass is 10.2. The van der Waals surface area contributed by atoms with Gasteiger partial charge in [0.2, 0.25) is 11.8 Å². The number of aryl methyl sites for hydroxylation is 1. The van der Waals surface area contributed by atoms with Crippen molar-refractivity contribution in [1.82, 2.24) is 15.3 Å². The number of hydrogen-bond donors (Lipinski definition) is 1. The lowest BCUT2D eigenvalue weighted by molar-refractivity contribution is -0.118. The Bertz CT molecular complexity index is 824. The molecular weight excluding hydrogens is 324 g/mol. The van der Waals surface area contributed by atoms with Gasteiger partial charge in [0.25, 0.3) is 5.91 Å². The number of anilines is 1. The number of ether oxygens (including phenoxy) is 2. The third kappa shape index (κ3) is 3.23. The lowest BCUT2D eigenvalue weighted by Crippen LogP contribution is -2.32. The topological polar surface area (TPSA) is 93.7 Å². The number of urea groups is 1. The minimum atomic E-state index is -0.554. The number of nitrogens with one attached hydrogen (secondary N) is 1. The van der Waals surface area contributed by atoms with Crippen LogP contribution in [0.5, 0.6) is 17.4 Å². The van der Waals surface area contributed by atoms with Crippen LogP contribution >= 0.6 is 0 Å². The van der Waals surface area contributed by atoms with Crippen LogP contribution in [0.1, 0.15) is 18.9 Å². The van der Waals surface area contributed by atoms with Crippen LogP contribution in [-0.2, 0) is 4.79 Å². The summed E-state index contributed by atoms with van der Waals surface area (Å²) < 4.78 is 11.0. The SMILES string of the molecule is CC[C@H]1NC(=O)N(c2nccc(Oc3ccc(C)c(OC)c3)n2)C1=O. The molecule has 0 saturated carbocycles. The summed E-state index contributed by atoms with van der Waals surface area (Å²) in [6.07, 6.45) is 1.93. The Hall–Kier alpha value is -3.16. The van der Waals surface area contributed by atoms with Crippen LogP contribution in [0.25, 0.3) is 0 Å². The van der Waals surface area contributed by atoms with E-state index in [9.17, 15) is 9.59 Å². The van der Waals surface area contributed by atoms with Crippen LogP contribution in [0.2, 0.25) is 0 Å². The molecule has 1 saturated heterocycles. The van der Waals surface area contributed by atoms with Crippen molar-refractivity contribution >= 4 is 17.9 Å². The number of imide groups is 1. The summed E-state index contributed by atoms with van der Waals surface area (Å²) in [7, 11) is 1.58. The molecular formula is C17H18N4O4. The van der Waals surface area contributed by atoms with E-state index >= 15 is 0 Å². The van der Waals surface area contributed by atoms with Gasteiger partial charge in [-0.25, -0.2) is 9.78 Å². The van der Waals surface area contributed by atoms with E-state index in [2.05, 4.69) is 15.3 Å². The van der Waals surface area contributed by atoms with Crippen LogP contribution in [0.4, 0.5) is 10.7 Å². The Kier molecular flexibility index (Phi) is 4.51. The maximum absolute atomic E-state index is 12.2. The van der Waals surface area contributed by atoms with Gasteiger partial charge in [0.1, 0.15) is 17.5 Å². The Morgan fingerprint density at radius 2 is 2.08 bits per heavy atom. The third-order valence-corrected chi connectivity index (χ3v) is 3.85. The molecule has 2 aromatic rings. The number of methoxy groups -OCH3 is 1. The van der Waals surface area contributed by atoms with Crippen molar-refractivity contribution in [2.75, 3.05) is 12.0 Å². The van der Waals surface area contributed by atoms with E-state index in [-0.39, 0.29) is 17.7 Å². The zero-order chi connectivity index (χ0) is 18.0.